The fourth-order valence-corrected chi connectivity index (χ4v) is 2.98. The summed E-state index contributed by atoms with van der Waals surface area (Å²) in [5, 5.41) is 15.6. The van der Waals surface area contributed by atoms with Gasteiger partial charge in [-0.05, 0) is 43.0 Å². The Hall–Kier alpha value is -3.02. The maximum absolute atomic E-state index is 12.5. The summed E-state index contributed by atoms with van der Waals surface area (Å²) in [6.07, 6.45) is 2.29. The van der Waals surface area contributed by atoms with Crippen LogP contribution in [0.5, 0.6) is 0 Å². The highest BCUT2D eigenvalue weighted by Crippen LogP contribution is 2.25. The summed E-state index contributed by atoms with van der Waals surface area (Å²) in [4.78, 5) is 25.1. The molecule has 0 amide bonds. The third-order valence-corrected chi connectivity index (χ3v) is 4.55. The van der Waals surface area contributed by atoms with Gasteiger partial charge in [0.05, 0.1) is 11.4 Å². The average Bonchev–Trinajstić information content (AvgIpc) is 2.71. The average molecular weight is 378 g/mol. The third kappa shape index (κ3) is 6.01. The first-order valence-electron chi connectivity index (χ1n) is 9.41. The van der Waals surface area contributed by atoms with Crippen molar-refractivity contribution in [2.75, 3.05) is 14.1 Å². The van der Waals surface area contributed by atoms with Crippen molar-refractivity contribution in [2.24, 2.45) is 26.4 Å². The van der Waals surface area contributed by atoms with Crippen molar-refractivity contribution >= 4 is 22.9 Å². The fraction of sp³-hybridized carbons (Fsp3) is 0.364. The molecule has 2 rings (SSSR count). The summed E-state index contributed by atoms with van der Waals surface area (Å²) in [6.45, 7) is 2.07. The molecule has 0 fully saturated rings. The highest BCUT2D eigenvalue weighted by atomic mass is 16.1. The second-order valence-electron chi connectivity index (χ2n) is 6.66. The van der Waals surface area contributed by atoms with Crippen molar-refractivity contribution in [2.45, 2.75) is 32.6 Å². The molecule has 0 aliphatic rings. The zero-order valence-electron chi connectivity index (χ0n) is 16.6. The summed E-state index contributed by atoms with van der Waals surface area (Å²) in [6, 6.07) is 14.5. The number of hydrogen-bond acceptors (Lipinski definition) is 6. The third-order valence-electron chi connectivity index (χ3n) is 4.55. The molecule has 146 valence electrons. The fourth-order valence-electron chi connectivity index (χ4n) is 2.98. The van der Waals surface area contributed by atoms with Crippen molar-refractivity contribution in [1.82, 2.24) is 0 Å². The molecule has 2 aromatic rings. The quantitative estimate of drug-likeness (QED) is 0.355. The van der Waals surface area contributed by atoms with Gasteiger partial charge < -0.3 is 0 Å². The van der Waals surface area contributed by atoms with E-state index in [0.29, 0.717) is 35.3 Å². The number of nitrogens with zero attached hydrogens (tertiary/aromatic N) is 4. The lowest BCUT2D eigenvalue weighted by atomic mass is 9.93. The minimum absolute atomic E-state index is 0.0508. The van der Waals surface area contributed by atoms with Gasteiger partial charge in [0, 0.05) is 38.1 Å². The Morgan fingerprint density at radius 3 is 1.54 bits per heavy atom. The molecule has 0 aliphatic carbocycles. The van der Waals surface area contributed by atoms with Gasteiger partial charge in [0.15, 0.2) is 11.6 Å². The Morgan fingerprint density at radius 2 is 1.14 bits per heavy atom. The normalized spacial score (nSPS) is 12.5. The van der Waals surface area contributed by atoms with Crippen molar-refractivity contribution in [1.29, 1.82) is 0 Å². The lowest BCUT2D eigenvalue weighted by Gasteiger charge is -2.11. The zero-order chi connectivity index (χ0) is 20.4. The number of Topliss-reactive ketones (excluding diaryl/α,β-unsaturated/α-hetero) is 2. The van der Waals surface area contributed by atoms with Crippen LogP contribution in [0.2, 0.25) is 0 Å². The van der Waals surface area contributed by atoms with Gasteiger partial charge in [0.25, 0.3) is 0 Å². The highest BCUT2D eigenvalue weighted by molar-refractivity contribution is 6.01. The van der Waals surface area contributed by atoms with E-state index in [1.807, 2.05) is 24.3 Å². The van der Waals surface area contributed by atoms with E-state index in [1.165, 1.54) is 0 Å². The largest absolute Gasteiger partial charge is 0.294 e. The number of carbonyl (C=O) groups excluding carboxylic acids is 2. The van der Waals surface area contributed by atoms with Crippen LogP contribution in [0.4, 0.5) is 11.4 Å². The Bertz CT molecular complexity index is 803. The van der Waals surface area contributed by atoms with Crippen LogP contribution in [-0.2, 0) is 0 Å². The van der Waals surface area contributed by atoms with Crippen LogP contribution in [0, 0.1) is 5.92 Å². The van der Waals surface area contributed by atoms with Gasteiger partial charge in [-0.2, -0.15) is 20.5 Å². The predicted octanol–water partition coefficient (Wildman–Crippen LogP) is 6.38. The van der Waals surface area contributed by atoms with E-state index in [1.54, 1.807) is 38.4 Å². The molecule has 2 aromatic carbocycles. The molecule has 0 radical (unpaired) electrons. The Morgan fingerprint density at radius 1 is 0.750 bits per heavy atom. The zero-order valence-corrected chi connectivity index (χ0v) is 16.6. The van der Waals surface area contributed by atoms with E-state index >= 15 is 0 Å². The van der Waals surface area contributed by atoms with Crippen LogP contribution in [0.25, 0.3) is 0 Å². The molecule has 0 aliphatic heterocycles. The Labute approximate surface area is 165 Å². The van der Waals surface area contributed by atoms with E-state index in [0.717, 1.165) is 12.8 Å². The first-order chi connectivity index (χ1) is 13.6. The van der Waals surface area contributed by atoms with Gasteiger partial charge >= 0.3 is 0 Å². The van der Waals surface area contributed by atoms with Crippen LogP contribution in [-0.4, -0.2) is 25.7 Å². The number of azo groups is 2. The SMILES string of the molecule is CN=Nc1ccccc1C(=O)CCC(C)CCC(=O)c1ccccc1N=NC. The molecule has 6 nitrogen and oxygen atoms in total. The number of ketones is 2. The van der Waals surface area contributed by atoms with Gasteiger partial charge in [-0.15, -0.1) is 0 Å². The molecule has 0 atom stereocenters. The number of rotatable bonds is 10. The number of benzene rings is 2. The van der Waals surface area contributed by atoms with Crippen molar-refractivity contribution in [3.8, 4) is 0 Å². The lowest BCUT2D eigenvalue weighted by Crippen LogP contribution is -2.06. The van der Waals surface area contributed by atoms with Crippen LogP contribution in [0.15, 0.2) is 69.0 Å². The highest BCUT2D eigenvalue weighted by Gasteiger charge is 2.15. The van der Waals surface area contributed by atoms with Crippen LogP contribution in [0.1, 0.15) is 53.3 Å². The van der Waals surface area contributed by atoms with Gasteiger partial charge in [-0.3, -0.25) is 9.59 Å². The molecule has 0 bridgehead atoms. The minimum atomic E-state index is 0.0508. The topological polar surface area (TPSA) is 83.6 Å². The van der Waals surface area contributed by atoms with Gasteiger partial charge in [0.1, 0.15) is 0 Å². The number of hydrogen-bond donors (Lipinski definition) is 0. The van der Waals surface area contributed by atoms with E-state index in [4.69, 9.17) is 0 Å². The molecule has 0 N–H and O–H groups in total. The standard InChI is InChI=1S/C22H26N4O2/c1-16(12-14-21(27)17-8-4-6-10-19(17)25-23-2)13-15-22(28)18-9-5-7-11-20(18)26-24-3/h4-11,16H,12-15H2,1-3H3. The predicted molar refractivity (Wildman–Crippen MR) is 110 cm³/mol. The van der Waals surface area contributed by atoms with Crippen molar-refractivity contribution < 1.29 is 9.59 Å². The molecule has 0 aromatic heterocycles. The molecule has 0 unspecified atom stereocenters. The van der Waals surface area contributed by atoms with E-state index in [-0.39, 0.29) is 17.5 Å². The minimum Gasteiger partial charge on any atom is -0.294 e. The summed E-state index contributed by atoms with van der Waals surface area (Å²) >= 11 is 0. The van der Waals surface area contributed by atoms with Gasteiger partial charge in [-0.1, -0.05) is 31.2 Å². The molecule has 28 heavy (non-hydrogen) atoms. The van der Waals surface area contributed by atoms with Crippen molar-refractivity contribution in [3.63, 3.8) is 0 Å². The summed E-state index contributed by atoms with van der Waals surface area (Å²) < 4.78 is 0. The molecular formula is C22H26N4O2. The van der Waals surface area contributed by atoms with E-state index < -0.39 is 0 Å². The number of carbonyl (C=O) groups is 2. The van der Waals surface area contributed by atoms with Gasteiger partial charge in [0.2, 0.25) is 0 Å². The molecule has 0 heterocycles. The first kappa shape index (κ1) is 21.3. The second kappa shape index (κ2) is 11.0. The van der Waals surface area contributed by atoms with E-state index in [9.17, 15) is 9.59 Å². The lowest BCUT2D eigenvalue weighted by molar-refractivity contribution is 0.0969. The van der Waals surface area contributed by atoms with Crippen LogP contribution < -0.4 is 0 Å². The molecule has 6 heteroatoms. The van der Waals surface area contributed by atoms with Crippen LogP contribution in [0.3, 0.4) is 0 Å². The second-order valence-corrected chi connectivity index (χ2v) is 6.66. The molecule has 0 saturated heterocycles. The summed E-state index contributed by atoms with van der Waals surface area (Å²) in [5.41, 5.74) is 2.38. The molecule has 0 saturated carbocycles. The summed E-state index contributed by atoms with van der Waals surface area (Å²) in [5.74, 6) is 0.359. The Kier molecular flexibility index (Phi) is 8.34. The van der Waals surface area contributed by atoms with Crippen molar-refractivity contribution in [3.05, 3.63) is 59.7 Å². The maximum Gasteiger partial charge on any atom is 0.165 e. The van der Waals surface area contributed by atoms with Gasteiger partial charge in [-0.25, -0.2) is 0 Å². The Balaban J connectivity index is 1.89. The first-order valence-corrected chi connectivity index (χ1v) is 9.41. The molecular weight excluding hydrogens is 352 g/mol. The molecule has 0 spiro atoms. The monoisotopic (exact) mass is 378 g/mol. The smallest absolute Gasteiger partial charge is 0.165 e. The maximum atomic E-state index is 12.5. The van der Waals surface area contributed by atoms with E-state index in [2.05, 4.69) is 27.4 Å². The van der Waals surface area contributed by atoms with Crippen LogP contribution >= 0.6 is 0 Å². The summed E-state index contributed by atoms with van der Waals surface area (Å²) in [7, 11) is 3.17.